The fraction of sp³-hybridized carbons (Fsp3) is 0.652. The van der Waals surface area contributed by atoms with Gasteiger partial charge in [0.05, 0.1) is 0 Å². The number of allylic oxidation sites excluding steroid dienone is 2. The maximum absolute atomic E-state index is 2.53. The van der Waals surface area contributed by atoms with Crippen molar-refractivity contribution in [1.29, 1.82) is 0 Å². The highest BCUT2D eigenvalue weighted by molar-refractivity contribution is 5.37. The third kappa shape index (κ3) is 5.52. The molecule has 0 nitrogen and oxygen atoms in total. The van der Waals surface area contributed by atoms with Gasteiger partial charge >= 0.3 is 0 Å². The summed E-state index contributed by atoms with van der Waals surface area (Å²) in [6.45, 7) is 13.9. The number of rotatable bonds is 3. The van der Waals surface area contributed by atoms with Crippen LogP contribution in [0.25, 0.3) is 0 Å². The highest BCUT2D eigenvalue weighted by atomic mass is 14.2. The highest BCUT2D eigenvalue weighted by Gasteiger charge is 2.20. The summed E-state index contributed by atoms with van der Waals surface area (Å²) < 4.78 is 0. The second-order valence-corrected chi connectivity index (χ2v) is 9.38. The molecule has 0 radical (unpaired) electrons. The number of hydrogen-bond donors (Lipinski definition) is 0. The summed E-state index contributed by atoms with van der Waals surface area (Å²) >= 11 is 0. The van der Waals surface area contributed by atoms with E-state index in [1.54, 1.807) is 5.57 Å². The normalized spacial score (nSPS) is 16.5. The van der Waals surface area contributed by atoms with Gasteiger partial charge in [-0.25, -0.2) is 0 Å². The minimum atomic E-state index is 0.220. The Bertz CT molecular complexity index is 506. The summed E-state index contributed by atoms with van der Waals surface area (Å²) in [5.41, 5.74) is 6.61. The minimum Gasteiger partial charge on any atom is -0.0850 e. The molecule has 0 N–H and O–H groups in total. The Morgan fingerprint density at radius 1 is 0.783 bits per heavy atom. The first-order valence-corrected chi connectivity index (χ1v) is 9.49. The van der Waals surface area contributed by atoms with Crippen LogP contribution in [-0.4, -0.2) is 0 Å². The fourth-order valence-electron chi connectivity index (χ4n) is 3.36. The molecule has 0 spiro atoms. The van der Waals surface area contributed by atoms with Gasteiger partial charge in [0, 0.05) is 0 Å². The predicted molar refractivity (Wildman–Crippen MR) is 103 cm³/mol. The van der Waals surface area contributed by atoms with Gasteiger partial charge in [0.1, 0.15) is 0 Å². The van der Waals surface area contributed by atoms with Gasteiger partial charge in [-0.05, 0) is 66.0 Å². The zero-order valence-electron chi connectivity index (χ0n) is 16.3. The summed E-state index contributed by atoms with van der Waals surface area (Å²) in [6, 6.07) is 7.30. The molecule has 0 amide bonds. The highest BCUT2D eigenvalue weighted by Crippen LogP contribution is 2.31. The van der Waals surface area contributed by atoms with Crippen molar-refractivity contribution in [3.8, 4) is 0 Å². The summed E-state index contributed by atoms with van der Waals surface area (Å²) in [5.74, 6) is 0. The van der Waals surface area contributed by atoms with E-state index in [2.05, 4.69) is 65.8 Å². The van der Waals surface area contributed by atoms with Crippen LogP contribution < -0.4 is 0 Å². The van der Waals surface area contributed by atoms with Crippen LogP contribution in [0.1, 0.15) is 96.8 Å². The van der Waals surface area contributed by atoms with Gasteiger partial charge in [-0.1, -0.05) is 77.8 Å². The van der Waals surface area contributed by atoms with Gasteiger partial charge in [-0.3, -0.25) is 0 Å². The van der Waals surface area contributed by atoms with Crippen LogP contribution in [0.3, 0.4) is 0 Å². The van der Waals surface area contributed by atoms with Gasteiger partial charge in [-0.15, -0.1) is 0 Å². The molecule has 1 aromatic carbocycles. The second-order valence-electron chi connectivity index (χ2n) is 9.38. The molecule has 2 rings (SSSR count). The molecule has 0 atom stereocenters. The molecule has 0 aromatic heterocycles. The van der Waals surface area contributed by atoms with E-state index < -0.39 is 0 Å². The van der Waals surface area contributed by atoms with Crippen molar-refractivity contribution >= 4 is 0 Å². The number of hydrogen-bond acceptors (Lipinski definition) is 0. The molecule has 0 aliphatic heterocycles. The molecule has 1 aromatic rings. The third-order valence-electron chi connectivity index (χ3n) is 5.09. The molecule has 1 saturated carbocycles. The van der Waals surface area contributed by atoms with Crippen LogP contribution >= 0.6 is 0 Å². The van der Waals surface area contributed by atoms with Crippen LogP contribution in [0.2, 0.25) is 0 Å². The Balaban J connectivity index is 2.16. The molecular formula is C23H36. The average Bonchev–Trinajstić information content (AvgIpc) is 2.46. The third-order valence-corrected chi connectivity index (χ3v) is 5.09. The molecule has 128 valence electrons. The number of benzene rings is 1. The van der Waals surface area contributed by atoms with Crippen molar-refractivity contribution in [2.75, 3.05) is 0 Å². The summed E-state index contributed by atoms with van der Waals surface area (Å²) in [4.78, 5) is 0. The van der Waals surface area contributed by atoms with Gasteiger partial charge in [0.25, 0.3) is 0 Å². The quantitative estimate of drug-likeness (QED) is 0.522. The van der Waals surface area contributed by atoms with Crippen LogP contribution in [0, 0.1) is 0 Å². The maximum atomic E-state index is 2.53. The molecule has 1 aliphatic carbocycles. The van der Waals surface area contributed by atoms with E-state index in [1.807, 2.05) is 0 Å². The zero-order valence-corrected chi connectivity index (χ0v) is 16.3. The zero-order chi connectivity index (χ0) is 17.1. The van der Waals surface area contributed by atoms with Crippen LogP contribution in [-0.2, 0) is 17.3 Å². The lowest BCUT2D eigenvalue weighted by atomic mass is 9.79. The maximum Gasteiger partial charge on any atom is -0.0132 e. The topological polar surface area (TPSA) is 0 Å². The Labute approximate surface area is 144 Å². The largest absolute Gasteiger partial charge is 0.0850 e. The molecular weight excluding hydrogens is 276 g/mol. The SMILES string of the molecule is CC(C)(C)c1cc(CCC=C2CCCCC2)cc(C(C)(C)C)c1. The lowest BCUT2D eigenvalue weighted by molar-refractivity contribution is 0.566. The Hall–Kier alpha value is -1.04. The monoisotopic (exact) mass is 312 g/mol. The summed E-state index contributed by atoms with van der Waals surface area (Å²) in [6.07, 6.45) is 11.8. The van der Waals surface area contributed by atoms with Gasteiger partial charge in [0.15, 0.2) is 0 Å². The van der Waals surface area contributed by atoms with Gasteiger partial charge in [-0.2, -0.15) is 0 Å². The van der Waals surface area contributed by atoms with Crippen molar-refractivity contribution < 1.29 is 0 Å². The molecule has 0 heterocycles. The Morgan fingerprint density at radius 2 is 1.30 bits per heavy atom. The molecule has 1 aliphatic rings. The molecule has 0 saturated heterocycles. The van der Waals surface area contributed by atoms with E-state index in [9.17, 15) is 0 Å². The lowest BCUT2D eigenvalue weighted by Gasteiger charge is -2.26. The lowest BCUT2D eigenvalue weighted by Crippen LogP contribution is -2.17. The van der Waals surface area contributed by atoms with E-state index in [1.165, 1.54) is 61.6 Å². The first kappa shape index (κ1) is 18.3. The van der Waals surface area contributed by atoms with Crippen LogP contribution in [0.5, 0.6) is 0 Å². The van der Waals surface area contributed by atoms with Crippen molar-refractivity contribution in [1.82, 2.24) is 0 Å². The van der Waals surface area contributed by atoms with E-state index in [0.717, 1.165) is 0 Å². The molecule has 0 heteroatoms. The Kier molecular flexibility index (Phi) is 5.76. The standard InChI is InChI=1S/C23H36/c1-22(2,3)20-15-19(16-21(17-20)23(4,5)6)14-10-13-18-11-8-7-9-12-18/h13,15-17H,7-12,14H2,1-6H3. The van der Waals surface area contributed by atoms with E-state index >= 15 is 0 Å². The summed E-state index contributed by atoms with van der Waals surface area (Å²) in [7, 11) is 0. The van der Waals surface area contributed by atoms with Crippen molar-refractivity contribution in [2.45, 2.75) is 97.3 Å². The van der Waals surface area contributed by atoms with Crippen molar-refractivity contribution in [3.05, 3.63) is 46.5 Å². The first-order valence-electron chi connectivity index (χ1n) is 9.49. The van der Waals surface area contributed by atoms with Gasteiger partial charge < -0.3 is 0 Å². The average molecular weight is 313 g/mol. The van der Waals surface area contributed by atoms with Crippen molar-refractivity contribution in [2.24, 2.45) is 0 Å². The van der Waals surface area contributed by atoms with Crippen molar-refractivity contribution in [3.63, 3.8) is 0 Å². The minimum absolute atomic E-state index is 0.220. The summed E-state index contributed by atoms with van der Waals surface area (Å²) in [5, 5.41) is 0. The first-order chi connectivity index (χ1) is 10.7. The molecule has 0 unspecified atom stereocenters. The van der Waals surface area contributed by atoms with E-state index in [-0.39, 0.29) is 10.8 Å². The van der Waals surface area contributed by atoms with Crippen LogP contribution in [0.4, 0.5) is 0 Å². The second kappa shape index (κ2) is 7.24. The van der Waals surface area contributed by atoms with E-state index in [4.69, 9.17) is 0 Å². The smallest absolute Gasteiger partial charge is 0.0132 e. The molecule has 1 fully saturated rings. The number of aryl methyl sites for hydroxylation is 1. The molecule has 0 bridgehead atoms. The Morgan fingerprint density at radius 3 is 1.78 bits per heavy atom. The molecule has 23 heavy (non-hydrogen) atoms. The van der Waals surface area contributed by atoms with Gasteiger partial charge in [0.2, 0.25) is 0 Å². The fourth-order valence-corrected chi connectivity index (χ4v) is 3.36. The van der Waals surface area contributed by atoms with Crippen LogP contribution in [0.15, 0.2) is 29.8 Å². The predicted octanol–water partition coefficient (Wildman–Crippen LogP) is 7.10. The van der Waals surface area contributed by atoms with E-state index in [0.29, 0.717) is 0 Å².